The number of unbranched alkanes of at least 4 members (excludes halogenated alkanes) is 9. The molecule has 1 saturated carbocycles. The summed E-state index contributed by atoms with van der Waals surface area (Å²) < 4.78 is 6.13. The van der Waals surface area contributed by atoms with Crippen LogP contribution in [0.3, 0.4) is 0 Å². The Morgan fingerprint density at radius 2 is 1.23 bits per heavy atom. The van der Waals surface area contributed by atoms with E-state index >= 15 is 0 Å². The van der Waals surface area contributed by atoms with Crippen molar-refractivity contribution in [3.63, 3.8) is 0 Å². The zero-order valence-corrected chi connectivity index (χ0v) is 30.6. The molecule has 1 aliphatic carbocycles. The van der Waals surface area contributed by atoms with Crippen molar-refractivity contribution in [3.05, 3.63) is 58.7 Å². The number of carbonyl (C=O) groups excluding carboxylic acids is 1. The van der Waals surface area contributed by atoms with Crippen LogP contribution in [0.25, 0.3) is 0 Å². The monoisotopic (exact) mass is 609 g/mol. The van der Waals surface area contributed by atoms with Gasteiger partial charge in [0.05, 0.1) is 0 Å². The quantitative estimate of drug-likeness (QED) is 0.0655. The molecule has 0 bridgehead atoms. The van der Waals surface area contributed by atoms with Crippen molar-refractivity contribution in [1.29, 1.82) is 0 Å². The molecular weight excluding hydrogens is 536 g/mol. The maximum absolute atomic E-state index is 12.7. The molecular formula is C42H72O2. The first-order valence-electron chi connectivity index (χ1n) is 18.4. The van der Waals surface area contributed by atoms with Crippen molar-refractivity contribution in [1.82, 2.24) is 0 Å². The molecule has 0 amide bonds. The Hall–Kier alpha value is -1.83. The van der Waals surface area contributed by atoms with Crippen LogP contribution in [0.4, 0.5) is 0 Å². The molecule has 0 radical (unpaired) electrons. The minimum absolute atomic E-state index is 0.00216. The number of rotatable bonds is 23. The summed E-state index contributed by atoms with van der Waals surface area (Å²) in [5.74, 6) is 0.396. The van der Waals surface area contributed by atoms with Gasteiger partial charge in [-0.25, -0.2) is 0 Å². The van der Waals surface area contributed by atoms with Crippen LogP contribution < -0.4 is 0 Å². The molecule has 0 N–H and O–H groups in total. The molecule has 1 rings (SSSR count). The molecule has 2 heteroatoms. The lowest BCUT2D eigenvalue weighted by Gasteiger charge is -2.46. The van der Waals surface area contributed by atoms with E-state index in [9.17, 15) is 4.79 Å². The Balaban J connectivity index is 2.39. The van der Waals surface area contributed by atoms with Crippen LogP contribution >= 0.6 is 0 Å². The number of hydrogen-bond donors (Lipinski definition) is 0. The van der Waals surface area contributed by atoms with Gasteiger partial charge in [0.25, 0.3) is 0 Å². The summed E-state index contributed by atoms with van der Waals surface area (Å²) in [7, 11) is 0. The summed E-state index contributed by atoms with van der Waals surface area (Å²) in [6.07, 6.45) is 32.5. The fourth-order valence-electron chi connectivity index (χ4n) is 6.67. The highest BCUT2D eigenvalue weighted by atomic mass is 16.5. The van der Waals surface area contributed by atoms with Crippen molar-refractivity contribution in [2.75, 3.05) is 0 Å². The molecule has 0 aromatic rings. The van der Waals surface area contributed by atoms with E-state index in [-0.39, 0.29) is 17.5 Å². The van der Waals surface area contributed by atoms with Gasteiger partial charge in [0.15, 0.2) is 0 Å². The summed E-state index contributed by atoms with van der Waals surface area (Å²) >= 11 is 0. The van der Waals surface area contributed by atoms with Crippen molar-refractivity contribution < 1.29 is 9.53 Å². The zero-order valence-electron chi connectivity index (χ0n) is 30.6. The fourth-order valence-corrected chi connectivity index (χ4v) is 6.67. The lowest BCUT2D eigenvalue weighted by Crippen LogP contribution is -2.44. The summed E-state index contributed by atoms with van der Waals surface area (Å²) in [5, 5.41) is 0. The van der Waals surface area contributed by atoms with Gasteiger partial charge in [-0.1, -0.05) is 131 Å². The number of esters is 1. The second-order valence-corrected chi connectivity index (χ2v) is 14.8. The molecule has 0 aromatic heterocycles. The van der Waals surface area contributed by atoms with Gasteiger partial charge >= 0.3 is 5.97 Å². The Bertz CT molecular complexity index is 937. The second kappa shape index (κ2) is 23.5. The predicted molar refractivity (Wildman–Crippen MR) is 195 cm³/mol. The van der Waals surface area contributed by atoms with E-state index in [1.54, 1.807) is 0 Å². The SMILES string of the molecule is C=C1CC[C@H](OC(=O)CCCCCCCCCCC)C(C)(C)[C@@H]1CC/C(C)=C/CC/C=C(\C)CC/C=C(\C)CCC=C(C)C. The van der Waals surface area contributed by atoms with Crippen molar-refractivity contribution in [3.8, 4) is 0 Å². The third-order valence-corrected chi connectivity index (χ3v) is 9.81. The summed E-state index contributed by atoms with van der Waals surface area (Å²) in [4.78, 5) is 12.7. The van der Waals surface area contributed by atoms with Gasteiger partial charge in [0.1, 0.15) is 6.10 Å². The van der Waals surface area contributed by atoms with Crippen LogP contribution in [-0.2, 0) is 9.53 Å². The summed E-state index contributed by atoms with van der Waals surface area (Å²) in [6, 6.07) is 0. The highest BCUT2D eigenvalue weighted by molar-refractivity contribution is 5.69. The average Bonchev–Trinajstić information content (AvgIpc) is 2.95. The Labute approximate surface area is 275 Å². The van der Waals surface area contributed by atoms with Gasteiger partial charge in [-0.15, -0.1) is 0 Å². The minimum Gasteiger partial charge on any atom is -0.462 e. The molecule has 0 aliphatic heterocycles. The minimum atomic E-state index is -0.0674. The van der Waals surface area contributed by atoms with Crippen molar-refractivity contribution in [2.24, 2.45) is 11.3 Å². The number of hydrogen-bond acceptors (Lipinski definition) is 2. The number of allylic oxidation sites excluding steroid dienone is 9. The van der Waals surface area contributed by atoms with E-state index in [4.69, 9.17) is 4.74 Å². The molecule has 44 heavy (non-hydrogen) atoms. The molecule has 1 aliphatic rings. The third kappa shape index (κ3) is 18.2. The van der Waals surface area contributed by atoms with Gasteiger partial charge < -0.3 is 4.74 Å². The molecule has 0 spiro atoms. The largest absolute Gasteiger partial charge is 0.462 e. The molecule has 0 heterocycles. The normalized spacial score (nSPS) is 19.3. The Kier molecular flexibility index (Phi) is 21.5. The maximum Gasteiger partial charge on any atom is 0.306 e. The zero-order chi connectivity index (χ0) is 32.8. The molecule has 2 nitrogen and oxygen atoms in total. The molecule has 252 valence electrons. The average molecular weight is 609 g/mol. The molecule has 0 saturated heterocycles. The topological polar surface area (TPSA) is 26.3 Å². The van der Waals surface area contributed by atoms with Gasteiger partial charge in [-0.3, -0.25) is 4.79 Å². The van der Waals surface area contributed by atoms with E-state index in [0.29, 0.717) is 12.3 Å². The lowest BCUT2D eigenvalue weighted by atomic mass is 9.63. The fraction of sp³-hybridized carbons (Fsp3) is 0.738. The summed E-state index contributed by atoms with van der Waals surface area (Å²) in [5.41, 5.74) is 7.17. The maximum atomic E-state index is 12.7. The van der Waals surface area contributed by atoms with Gasteiger partial charge in [0, 0.05) is 11.8 Å². The number of carbonyl (C=O) groups is 1. The van der Waals surface area contributed by atoms with Crippen molar-refractivity contribution >= 4 is 5.97 Å². The summed E-state index contributed by atoms with van der Waals surface area (Å²) in [6.45, 7) is 22.5. The number of ether oxygens (including phenoxy) is 1. The second-order valence-electron chi connectivity index (χ2n) is 14.8. The standard InChI is InChI=1S/C42H72O2/c1-10-11-12-13-14-15-16-17-18-29-41(43)44-40-33-31-38(7)39(42(40,8)9)32-30-37(6)25-20-19-24-35(4)27-22-28-36(5)26-21-23-34(2)3/h23-25,28,39-40H,7,10-22,26-27,29-33H2,1-6,8-9H3/b35-24+,36-28+,37-25+/t39-,40+/m1/s1. The smallest absolute Gasteiger partial charge is 0.306 e. The van der Waals surface area contributed by atoms with Gasteiger partial charge in [-0.05, 0) is 111 Å². The van der Waals surface area contributed by atoms with Crippen LogP contribution in [0.15, 0.2) is 58.7 Å². The van der Waals surface area contributed by atoms with Gasteiger partial charge in [-0.2, -0.15) is 0 Å². The predicted octanol–water partition coefficient (Wildman–Crippen LogP) is 13.7. The highest BCUT2D eigenvalue weighted by Gasteiger charge is 2.43. The first kappa shape index (κ1) is 40.2. The molecule has 2 atom stereocenters. The van der Waals surface area contributed by atoms with Crippen molar-refractivity contribution in [2.45, 2.75) is 190 Å². The Morgan fingerprint density at radius 1 is 0.727 bits per heavy atom. The van der Waals surface area contributed by atoms with Crippen LogP contribution in [0.5, 0.6) is 0 Å². The highest BCUT2D eigenvalue weighted by Crippen LogP contribution is 2.47. The van der Waals surface area contributed by atoms with Crippen LogP contribution in [0.2, 0.25) is 0 Å². The van der Waals surface area contributed by atoms with Crippen LogP contribution in [0.1, 0.15) is 184 Å². The van der Waals surface area contributed by atoms with E-state index in [1.807, 2.05) is 0 Å². The molecule has 0 aromatic carbocycles. The lowest BCUT2D eigenvalue weighted by molar-refractivity contribution is -0.159. The first-order chi connectivity index (χ1) is 21.0. The van der Waals surface area contributed by atoms with Crippen LogP contribution in [-0.4, -0.2) is 12.1 Å². The Morgan fingerprint density at radius 3 is 1.80 bits per heavy atom. The molecule has 1 fully saturated rings. The van der Waals surface area contributed by atoms with E-state index in [2.05, 4.69) is 86.3 Å². The van der Waals surface area contributed by atoms with E-state index < -0.39 is 0 Å². The van der Waals surface area contributed by atoms with Crippen LogP contribution in [0, 0.1) is 11.3 Å². The van der Waals surface area contributed by atoms with E-state index in [1.165, 1.54) is 79.2 Å². The third-order valence-electron chi connectivity index (χ3n) is 9.81. The molecule has 0 unspecified atom stereocenters. The van der Waals surface area contributed by atoms with Gasteiger partial charge in [0.2, 0.25) is 0 Å². The van der Waals surface area contributed by atoms with E-state index in [0.717, 1.165) is 70.6 Å². The first-order valence-corrected chi connectivity index (χ1v) is 18.4.